The Kier molecular flexibility index (Phi) is 5.61. The number of aromatic nitrogens is 3. The highest BCUT2D eigenvalue weighted by molar-refractivity contribution is 5.61. The lowest BCUT2D eigenvalue weighted by Gasteiger charge is -2.20. The van der Waals surface area contributed by atoms with Crippen LogP contribution in [0.1, 0.15) is 23.0 Å². The van der Waals surface area contributed by atoms with Crippen LogP contribution in [0.4, 0.5) is 15.9 Å². The molecule has 7 nitrogen and oxygen atoms in total. The molecule has 4 rings (SSSR count). The number of nitro groups is 1. The van der Waals surface area contributed by atoms with Gasteiger partial charge < -0.3 is 5.32 Å². The molecule has 0 aliphatic rings. The van der Waals surface area contributed by atoms with E-state index < -0.39 is 11.0 Å². The molecule has 4 aromatic rings. The molecule has 0 bridgehead atoms. The van der Waals surface area contributed by atoms with Gasteiger partial charge in [-0.1, -0.05) is 30.3 Å². The molecule has 1 atom stereocenters. The minimum atomic E-state index is -0.459. The molecule has 1 unspecified atom stereocenters. The third-order valence-electron chi connectivity index (χ3n) is 4.63. The summed E-state index contributed by atoms with van der Waals surface area (Å²) in [6.45, 7) is 1.81. The van der Waals surface area contributed by atoms with E-state index >= 15 is 0 Å². The summed E-state index contributed by atoms with van der Waals surface area (Å²) in [5.74, 6) is 0.496. The van der Waals surface area contributed by atoms with Crippen LogP contribution >= 0.6 is 0 Å². The minimum Gasteiger partial charge on any atom is -0.357 e. The van der Waals surface area contributed by atoms with E-state index in [1.165, 1.54) is 24.3 Å². The van der Waals surface area contributed by atoms with E-state index in [0.29, 0.717) is 34.2 Å². The number of rotatable bonds is 6. The highest BCUT2D eigenvalue weighted by Crippen LogP contribution is 2.27. The molecule has 0 saturated carbocycles. The Labute approximate surface area is 177 Å². The van der Waals surface area contributed by atoms with E-state index in [9.17, 15) is 14.5 Å². The topological polar surface area (TPSA) is 93.8 Å². The summed E-state index contributed by atoms with van der Waals surface area (Å²) in [5.41, 5.74) is 2.55. The predicted molar refractivity (Wildman–Crippen MR) is 115 cm³/mol. The van der Waals surface area contributed by atoms with Crippen molar-refractivity contribution in [3.05, 3.63) is 112 Å². The molecule has 0 saturated heterocycles. The van der Waals surface area contributed by atoms with Crippen LogP contribution in [0, 0.1) is 22.9 Å². The summed E-state index contributed by atoms with van der Waals surface area (Å²) in [7, 11) is 0. The van der Waals surface area contributed by atoms with Gasteiger partial charge in [0.2, 0.25) is 0 Å². The fourth-order valence-corrected chi connectivity index (χ4v) is 3.24. The van der Waals surface area contributed by atoms with E-state index in [0.717, 1.165) is 0 Å². The lowest BCUT2D eigenvalue weighted by atomic mass is 10.0. The van der Waals surface area contributed by atoms with Crippen LogP contribution in [-0.4, -0.2) is 19.9 Å². The van der Waals surface area contributed by atoms with Crippen molar-refractivity contribution in [3.63, 3.8) is 0 Å². The fourth-order valence-electron chi connectivity index (χ4n) is 3.24. The monoisotopic (exact) mass is 415 g/mol. The zero-order valence-corrected chi connectivity index (χ0v) is 16.6. The summed E-state index contributed by atoms with van der Waals surface area (Å²) < 4.78 is 13.9. The molecule has 0 amide bonds. The van der Waals surface area contributed by atoms with E-state index in [1.54, 1.807) is 36.5 Å². The van der Waals surface area contributed by atoms with Crippen LogP contribution in [0.25, 0.3) is 11.4 Å². The molecule has 2 aromatic heterocycles. The highest BCUT2D eigenvalue weighted by Gasteiger charge is 2.18. The van der Waals surface area contributed by atoms with Gasteiger partial charge in [0, 0.05) is 35.7 Å². The largest absolute Gasteiger partial charge is 0.357 e. The normalized spacial score (nSPS) is 11.7. The summed E-state index contributed by atoms with van der Waals surface area (Å²) in [4.78, 5) is 24.0. The van der Waals surface area contributed by atoms with Crippen molar-refractivity contribution in [3.8, 4) is 11.4 Å². The number of halogens is 1. The first-order chi connectivity index (χ1) is 15.0. The summed E-state index contributed by atoms with van der Waals surface area (Å²) in [5, 5.41) is 14.4. The number of nitro benzene ring substituents is 1. The summed E-state index contributed by atoms with van der Waals surface area (Å²) in [6, 6.07) is 19.3. The van der Waals surface area contributed by atoms with E-state index in [-0.39, 0.29) is 11.5 Å². The Morgan fingerprint density at radius 1 is 1.00 bits per heavy atom. The molecule has 0 aliphatic heterocycles. The molecule has 1 N–H and O–H groups in total. The standard InChI is InChI=1S/C23H18FN5O2/c1-15-12-21(28-23(26-15)17-7-5-9-19(14-17)29(30)31)27-22(20-10-2-3-11-25-20)16-6-4-8-18(24)13-16/h2-14,22H,1H3,(H,26,27,28). The number of nitrogens with one attached hydrogen (secondary N) is 1. The molecular weight excluding hydrogens is 397 g/mol. The van der Waals surface area contributed by atoms with Gasteiger partial charge in [0.1, 0.15) is 11.6 Å². The first-order valence-electron chi connectivity index (χ1n) is 9.53. The number of hydrogen-bond donors (Lipinski definition) is 1. The number of pyridine rings is 1. The SMILES string of the molecule is Cc1cc(NC(c2cccc(F)c2)c2ccccn2)nc(-c2cccc([N+](=O)[O-])c2)n1. The van der Waals surface area contributed by atoms with Gasteiger partial charge in [-0.3, -0.25) is 15.1 Å². The smallest absolute Gasteiger partial charge is 0.270 e. The fraction of sp³-hybridized carbons (Fsp3) is 0.0870. The van der Waals surface area contributed by atoms with Crippen LogP contribution in [-0.2, 0) is 0 Å². The minimum absolute atomic E-state index is 0.0387. The molecular formula is C23H18FN5O2. The molecule has 2 heterocycles. The molecule has 0 fully saturated rings. The summed E-state index contributed by atoms with van der Waals surface area (Å²) in [6.07, 6.45) is 1.67. The Morgan fingerprint density at radius 3 is 2.58 bits per heavy atom. The Bertz CT molecular complexity index is 1230. The van der Waals surface area contributed by atoms with Crippen molar-refractivity contribution in [2.24, 2.45) is 0 Å². The van der Waals surface area contributed by atoms with E-state index in [2.05, 4.69) is 20.3 Å². The van der Waals surface area contributed by atoms with E-state index in [4.69, 9.17) is 0 Å². The zero-order valence-electron chi connectivity index (χ0n) is 16.6. The third-order valence-corrected chi connectivity index (χ3v) is 4.63. The second-order valence-corrected chi connectivity index (χ2v) is 6.91. The van der Waals surface area contributed by atoms with Gasteiger partial charge in [0.25, 0.3) is 5.69 Å². The second kappa shape index (κ2) is 8.66. The Balaban J connectivity index is 1.74. The lowest BCUT2D eigenvalue weighted by molar-refractivity contribution is -0.384. The molecule has 31 heavy (non-hydrogen) atoms. The van der Waals surface area contributed by atoms with Gasteiger partial charge in [-0.05, 0) is 36.8 Å². The van der Waals surface area contributed by atoms with Crippen LogP contribution < -0.4 is 5.32 Å². The molecule has 8 heteroatoms. The number of nitrogens with zero attached hydrogens (tertiary/aromatic N) is 4. The quantitative estimate of drug-likeness (QED) is 0.348. The molecule has 0 spiro atoms. The molecule has 154 valence electrons. The maximum absolute atomic E-state index is 13.9. The highest BCUT2D eigenvalue weighted by atomic mass is 19.1. The Morgan fingerprint density at radius 2 is 1.84 bits per heavy atom. The molecule has 2 aromatic carbocycles. The van der Waals surface area contributed by atoms with Gasteiger partial charge in [0.15, 0.2) is 5.82 Å². The number of non-ortho nitro benzene ring substituents is 1. The average Bonchev–Trinajstić information content (AvgIpc) is 2.78. The van der Waals surface area contributed by atoms with Crippen molar-refractivity contribution < 1.29 is 9.31 Å². The van der Waals surface area contributed by atoms with Gasteiger partial charge in [-0.15, -0.1) is 0 Å². The van der Waals surface area contributed by atoms with Gasteiger partial charge in [0.05, 0.1) is 16.7 Å². The maximum atomic E-state index is 13.9. The zero-order chi connectivity index (χ0) is 21.8. The van der Waals surface area contributed by atoms with Crippen molar-refractivity contribution in [1.29, 1.82) is 0 Å². The van der Waals surface area contributed by atoms with Crippen LogP contribution in [0.5, 0.6) is 0 Å². The Hall–Kier alpha value is -4.20. The number of anilines is 1. The van der Waals surface area contributed by atoms with E-state index in [1.807, 2.05) is 25.1 Å². The van der Waals surface area contributed by atoms with Crippen LogP contribution in [0.2, 0.25) is 0 Å². The van der Waals surface area contributed by atoms with Gasteiger partial charge >= 0.3 is 0 Å². The van der Waals surface area contributed by atoms with Gasteiger partial charge in [-0.25, -0.2) is 14.4 Å². The maximum Gasteiger partial charge on any atom is 0.270 e. The van der Waals surface area contributed by atoms with Crippen molar-refractivity contribution >= 4 is 11.5 Å². The van der Waals surface area contributed by atoms with Crippen molar-refractivity contribution in [2.75, 3.05) is 5.32 Å². The average molecular weight is 415 g/mol. The number of aryl methyl sites for hydroxylation is 1. The first-order valence-corrected chi connectivity index (χ1v) is 9.53. The third kappa shape index (κ3) is 4.69. The molecule has 0 radical (unpaired) electrons. The number of benzene rings is 2. The first kappa shape index (κ1) is 20.1. The lowest BCUT2D eigenvalue weighted by Crippen LogP contribution is -2.15. The number of hydrogen-bond acceptors (Lipinski definition) is 6. The summed E-state index contributed by atoms with van der Waals surface area (Å²) >= 11 is 0. The second-order valence-electron chi connectivity index (χ2n) is 6.91. The van der Waals surface area contributed by atoms with Crippen molar-refractivity contribution in [2.45, 2.75) is 13.0 Å². The van der Waals surface area contributed by atoms with Gasteiger partial charge in [-0.2, -0.15) is 0 Å². The van der Waals surface area contributed by atoms with Crippen molar-refractivity contribution in [1.82, 2.24) is 15.0 Å². The van der Waals surface area contributed by atoms with Crippen LogP contribution in [0.3, 0.4) is 0 Å². The predicted octanol–water partition coefficient (Wildman–Crippen LogP) is 5.10. The van der Waals surface area contributed by atoms with Crippen LogP contribution in [0.15, 0.2) is 79.0 Å². The molecule has 0 aliphatic carbocycles.